The lowest BCUT2D eigenvalue weighted by Crippen LogP contribution is -2.28. The molecule has 0 spiro atoms. The van der Waals surface area contributed by atoms with Gasteiger partial charge in [-0.3, -0.25) is 9.59 Å². The van der Waals surface area contributed by atoms with Gasteiger partial charge in [0.2, 0.25) is 0 Å². The molecule has 0 saturated heterocycles. The molecule has 1 N–H and O–H groups in total. The summed E-state index contributed by atoms with van der Waals surface area (Å²) >= 11 is 2.96. The average Bonchev–Trinajstić information content (AvgIpc) is 3.86. The van der Waals surface area contributed by atoms with Crippen LogP contribution in [0.1, 0.15) is 50.2 Å². The molecule has 3 aromatic carbocycles. The van der Waals surface area contributed by atoms with Crippen molar-refractivity contribution < 1.29 is 14.3 Å². The molecule has 2 amide bonds. The molecule has 11 heteroatoms. The maximum Gasteiger partial charge on any atom is 0.253 e. The van der Waals surface area contributed by atoms with Gasteiger partial charge in [0.25, 0.3) is 11.8 Å². The highest BCUT2D eigenvalue weighted by Crippen LogP contribution is 2.35. The lowest BCUT2D eigenvalue weighted by atomic mass is 10.00. The number of thiophene rings is 1. The second kappa shape index (κ2) is 14.6. The minimum absolute atomic E-state index is 0.103. The predicted octanol–water partition coefficient (Wildman–Crippen LogP) is 6.30. The van der Waals surface area contributed by atoms with Crippen molar-refractivity contribution in [1.82, 2.24) is 25.1 Å². The van der Waals surface area contributed by atoms with Crippen LogP contribution in [0.3, 0.4) is 0 Å². The van der Waals surface area contributed by atoms with Gasteiger partial charge in [-0.05, 0) is 60.2 Å². The van der Waals surface area contributed by atoms with Gasteiger partial charge in [0, 0.05) is 18.5 Å². The van der Waals surface area contributed by atoms with E-state index in [0.717, 1.165) is 22.6 Å². The Morgan fingerprint density at radius 2 is 1.76 bits per heavy atom. The highest BCUT2D eigenvalue weighted by Gasteiger charge is 2.33. The van der Waals surface area contributed by atoms with Crippen LogP contribution in [0.2, 0.25) is 0 Å². The molecule has 0 bridgehead atoms. The molecular formula is C35H34N6O3S2. The summed E-state index contributed by atoms with van der Waals surface area (Å²) in [5.41, 5.74) is 4.83. The zero-order chi connectivity index (χ0) is 31.9. The fourth-order valence-corrected chi connectivity index (χ4v) is 6.80. The minimum atomic E-state index is -0.222. The van der Waals surface area contributed by atoms with Gasteiger partial charge in [0.15, 0.2) is 11.0 Å². The Morgan fingerprint density at radius 3 is 2.48 bits per heavy atom. The van der Waals surface area contributed by atoms with Crippen LogP contribution in [0.25, 0.3) is 0 Å². The summed E-state index contributed by atoms with van der Waals surface area (Å²) in [5.74, 6) is 1.12. The Bertz CT molecular complexity index is 1800. The van der Waals surface area contributed by atoms with E-state index in [4.69, 9.17) is 9.84 Å². The number of aryl methyl sites for hydroxylation is 2. The number of rotatable bonds is 12. The van der Waals surface area contributed by atoms with Gasteiger partial charge >= 0.3 is 0 Å². The van der Waals surface area contributed by atoms with Gasteiger partial charge in [-0.15, -0.1) is 21.5 Å². The molecule has 234 valence electrons. The smallest absolute Gasteiger partial charge is 0.253 e. The first kappa shape index (κ1) is 31.3. The molecule has 6 rings (SSSR count). The number of hydrazone groups is 1. The van der Waals surface area contributed by atoms with Crippen molar-refractivity contribution in [2.24, 2.45) is 5.10 Å². The first-order chi connectivity index (χ1) is 22.5. The Kier molecular flexibility index (Phi) is 9.90. The van der Waals surface area contributed by atoms with E-state index < -0.39 is 0 Å². The average molecular weight is 651 g/mol. The van der Waals surface area contributed by atoms with Gasteiger partial charge in [0.1, 0.15) is 5.75 Å². The lowest BCUT2D eigenvalue weighted by molar-refractivity contribution is -0.130. The van der Waals surface area contributed by atoms with E-state index in [1.807, 2.05) is 40.3 Å². The number of hydrogen-bond donors (Lipinski definition) is 1. The lowest BCUT2D eigenvalue weighted by Gasteiger charge is -2.22. The van der Waals surface area contributed by atoms with Gasteiger partial charge in [-0.1, -0.05) is 78.0 Å². The third kappa shape index (κ3) is 7.38. The van der Waals surface area contributed by atoms with Crippen LogP contribution in [-0.4, -0.2) is 50.2 Å². The zero-order valence-electron chi connectivity index (χ0n) is 25.6. The summed E-state index contributed by atoms with van der Waals surface area (Å²) in [5, 5.41) is 20.9. The Morgan fingerprint density at radius 1 is 0.978 bits per heavy atom. The van der Waals surface area contributed by atoms with Gasteiger partial charge < -0.3 is 14.6 Å². The number of nitrogens with zero attached hydrogens (tertiary/aromatic N) is 5. The van der Waals surface area contributed by atoms with Crippen molar-refractivity contribution >= 4 is 40.6 Å². The number of methoxy groups -OCH3 is 1. The topological polar surface area (TPSA) is 102 Å². The van der Waals surface area contributed by atoms with E-state index in [9.17, 15) is 9.59 Å². The number of aromatic nitrogens is 3. The van der Waals surface area contributed by atoms with E-state index in [1.165, 1.54) is 22.9 Å². The molecule has 0 saturated carbocycles. The molecule has 1 aliphatic rings. The van der Waals surface area contributed by atoms with Crippen molar-refractivity contribution in [3.05, 3.63) is 129 Å². The summed E-state index contributed by atoms with van der Waals surface area (Å²) in [7, 11) is 1.59. The van der Waals surface area contributed by atoms with E-state index in [0.29, 0.717) is 35.3 Å². The molecule has 1 atom stereocenters. The molecule has 1 unspecified atom stereocenters. The Labute approximate surface area is 276 Å². The normalized spacial score (nSPS) is 14.3. The Hall–Kier alpha value is -4.74. The first-order valence-electron chi connectivity index (χ1n) is 15.0. The summed E-state index contributed by atoms with van der Waals surface area (Å²) in [6.45, 7) is 2.84. The van der Waals surface area contributed by atoms with Crippen molar-refractivity contribution in [2.45, 2.75) is 44.1 Å². The van der Waals surface area contributed by atoms with Crippen molar-refractivity contribution in [2.75, 3.05) is 12.9 Å². The number of amides is 2. The van der Waals surface area contributed by atoms with Crippen molar-refractivity contribution in [3.63, 3.8) is 0 Å². The molecular weight excluding hydrogens is 617 g/mol. The van der Waals surface area contributed by atoms with Crippen LogP contribution < -0.4 is 10.1 Å². The van der Waals surface area contributed by atoms with Crippen LogP contribution in [0.15, 0.2) is 107 Å². The summed E-state index contributed by atoms with van der Waals surface area (Å²) in [4.78, 5) is 27.7. The Balaban J connectivity index is 1.19. The molecule has 46 heavy (non-hydrogen) atoms. The summed E-state index contributed by atoms with van der Waals surface area (Å²) < 4.78 is 7.18. The molecule has 1 aliphatic heterocycles. The maximum atomic E-state index is 13.8. The van der Waals surface area contributed by atoms with Crippen molar-refractivity contribution in [3.8, 4) is 5.75 Å². The van der Waals surface area contributed by atoms with Crippen molar-refractivity contribution in [1.29, 1.82) is 0 Å². The number of hydrogen-bond acceptors (Lipinski definition) is 8. The first-order valence-corrected chi connectivity index (χ1v) is 16.9. The third-order valence-electron chi connectivity index (χ3n) is 7.78. The van der Waals surface area contributed by atoms with E-state index in [-0.39, 0.29) is 30.2 Å². The molecule has 5 aromatic rings. The van der Waals surface area contributed by atoms with Crippen LogP contribution in [0, 0.1) is 6.92 Å². The maximum absolute atomic E-state index is 13.8. The minimum Gasteiger partial charge on any atom is -0.497 e. The van der Waals surface area contributed by atoms with Crippen LogP contribution >= 0.6 is 23.1 Å². The van der Waals surface area contributed by atoms with Gasteiger partial charge in [-0.25, -0.2) is 5.01 Å². The van der Waals surface area contributed by atoms with E-state index in [2.05, 4.69) is 58.8 Å². The molecule has 0 aliphatic carbocycles. The largest absolute Gasteiger partial charge is 0.497 e. The zero-order valence-corrected chi connectivity index (χ0v) is 27.3. The summed E-state index contributed by atoms with van der Waals surface area (Å²) in [6, 6.07) is 29.3. The highest BCUT2D eigenvalue weighted by molar-refractivity contribution is 7.99. The second-order valence-electron chi connectivity index (χ2n) is 10.9. The molecule has 9 nitrogen and oxygen atoms in total. The third-order valence-corrected chi connectivity index (χ3v) is 9.65. The fraction of sp³-hybridized carbons (Fsp3) is 0.229. The molecule has 2 aromatic heterocycles. The number of carbonyl (C=O) groups excluding carboxylic acids is 2. The number of ether oxygens (including phenoxy) is 1. The quantitative estimate of drug-likeness (QED) is 0.159. The fourth-order valence-electron chi connectivity index (χ4n) is 5.24. The number of carbonyl (C=O) groups is 2. The van der Waals surface area contributed by atoms with Crippen LogP contribution in [-0.2, 0) is 24.3 Å². The number of thioether (sulfide) groups is 1. The standard InChI is InChI=1S/C35H34N6O3S2/c1-24-10-12-26(13-11-24)30-21-29(31-9-6-20-45-31)39-41(30)33(42)23-46-35-38-37-32(40(35)19-18-25-7-4-3-5-8-25)22-36-34(43)27-14-16-28(44-2)17-15-27/h3-17,20,30H,18-19,21-23H2,1-2H3,(H,36,43). The van der Waals surface area contributed by atoms with E-state index >= 15 is 0 Å². The number of nitrogens with one attached hydrogen (secondary N) is 1. The second-order valence-corrected chi connectivity index (χ2v) is 12.8. The van der Waals surface area contributed by atoms with Gasteiger partial charge in [0.05, 0.1) is 36.0 Å². The van der Waals surface area contributed by atoms with Crippen LogP contribution in [0.4, 0.5) is 0 Å². The molecule has 3 heterocycles. The van der Waals surface area contributed by atoms with Gasteiger partial charge in [-0.2, -0.15) is 5.10 Å². The molecule has 0 fully saturated rings. The van der Waals surface area contributed by atoms with E-state index in [1.54, 1.807) is 47.7 Å². The van der Waals surface area contributed by atoms with Crippen LogP contribution in [0.5, 0.6) is 5.75 Å². The summed E-state index contributed by atoms with van der Waals surface area (Å²) in [6.07, 6.45) is 1.40. The SMILES string of the molecule is COc1ccc(C(=O)NCc2nnc(SCC(=O)N3N=C(c4cccs4)CC3c3ccc(C)cc3)n2CCc2ccccc2)cc1. The molecule has 0 radical (unpaired) electrons. The highest BCUT2D eigenvalue weighted by atomic mass is 32.2. The predicted molar refractivity (Wildman–Crippen MR) is 181 cm³/mol. The number of benzene rings is 3. The monoisotopic (exact) mass is 650 g/mol.